The summed E-state index contributed by atoms with van der Waals surface area (Å²) in [6, 6.07) is 8.39. The van der Waals surface area contributed by atoms with Gasteiger partial charge in [-0.05, 0) is 24.3 Å². The summed E-state index contributed by atoms with van der Waals surface area (Å²) in [5, 5.41) is 0.0403. The normalized spacial score (nSPS) is 11.5. The van der Waals surface area contributed by atoms with Crippen LogP contribution in [0.25, 0.3) is 11.3 Å². The highest BCUT2D eigenvalue weighted by Gasteiger charge is 2.30. The quantitative estimate of drug-likeness (QED) is 0.737. The molecule has 17 heavy (non-hydrogen) atoms. The molecule has 0 aliphatic heterocycles. The molecule has 0 amide bonds. The predicted molar refractivity (Wildman–Crippen MR) is 59.7 cm³/mol. The molecule has 5 heteroatoms. The number of hydrogen-bond donors (Lipinski definition) is 0. The molecule has 0 radical (unpaired) electrons. The highest BCUT2D eigenvalue weighted by atomic mass is 35.5. The fourth-order valence-corrected chi connectivity index (χ4v) is 1.70. The summed E-state index contributed by atoms with van der Waals surface area (Å²) < 4.78 is 37.3. The molecule has 1 aromatic carbocycles. The molecule has 0 aliphatic carbocycles. The minimum Gasteiger partial charge on any atom is -0.256 e. The molecule has 1 heterocycles. The number of rotatable bonds is 1. The third-order valence-corrected chi connectivity index (χ3v) is 2.55. The molecule has 0 unspecified atom stereocenters. The summed E-state index contributed by atoms with van der Waals surface area (Å²) in [6.07, 6.45) is -2.82. The van der Waals surface area contributed by atoms with Gasteiger partial charge in [-0.1, -0.05) is 23.7 Å². The van der Waals surface area contributed by atoms with Gasteiger partial charge in [0.25, 0.3) is 0 Å². The molecule has 2 rings (SSSR count). The number of pyridine rings is 1. The lowest BCUT2D eigenvalue weighted by atomic mass is 10.1. The van der Waals surface area contributed by atoms with Gasteiger partial charge in [-0.3, -0.25) is 4.98 Å². The van der Waals surface area contributed by atoms with Crippen LogP contribution in [0.2, 0.25) is 5.02 Å². The summed E-state index contributed by atoms with van der Waals surface area (Å²) in [5.41, 5.74) is 0.272. The van der Waals surface area contributed by atoms with E-state index in [9.17, 15) is 13.2 Å². The molecule has 1 nitrogen and oxygen atoms in total. The first-order valence-corrected chi connectivity index (χ1v) is 5.14. The Kier molecular flexibility index (Phi) is 3.07. The van der Waals surface area contributed by atoms with E-state index < -0.39 is 11.7 Å². The van der Waals surface area contributed by atoms with Crippen LogP contribution in [-0.4, -0.2) is 4.98 Å². The molecule has 2 aromatic rings. The van der Waals surface area contributed by atoms with Crippen LogP contribution in [0.15, 0.2) is 42.6 Å². The number of aromatic nitrogens is 1. The van der Waals surface area contributed by atoms with Gasteiger partial charge in [-0.15, -0.1) is 0 Å². The largest absolute Gasteiger partial charge is 0.416 e. The molecule has 0 N–H and O–H groups in total. The highest BCUT2D eigenvalue weighted by molar-refractivity contribution is 6.33. The Morgan fingerprint density at radius 3 is 2.35 bits per heavy atom. The Morgan fingerprint density at radius 1 is 1.06 bits per heavy atom. The monoisotopic (exact) mass is 257 g/mol. The van der Waals surface area contributed by atoms with Crippen molar-refractivity contribution in [2.24, 2.45) is 0 Å². The zero-order chi connectivity index (χ0) is 12.5. The Bertz CT molecular complexity index is 523. The van der Waals surface area contributed by atoms with Gasteiger partial charge in [-0.25, -0.2) is 0 Å². The lowest BCUT2D eigenvalue weighted by Crippen LogP contribution is -2.04. The first-order chi connectivity index (χ1) is 7.98. The van der Waals surface area contributed by atoms with Crippen LogP contribution in [0.1, 0.15) is 5.56 Å². The second-order valence-electron chi connectivity index (χ2n) is 3.41. The van der Waals surface area contributed by atoms with Gasteiger partial charge in [-0.2, -0.15) is 13.2 Å². The molecule has 0 fully saturated rings. The van der Waals surface area contributed by atoms with Gasteiger partial charge < -0.3 is 0 Å². The Morgan fingerprint density at radius 2 is 1.82 bits per heavy atom. The van der Waals surface area contributed by atoms with E-state index >= 15 is 0 Å². The third-order valence-electron chi connectivity index (χ3n) is 2.24. The van der Waals surface area contributed by atoms with Crippen LogP contribution < -0.4 is 0 Å². The van der Waals surface area contributed by atoms with Crippen LogP contribution in [0.3, 0.4) is 0 Å². The summed E-state index contributed by atoms with van der Waals surface area (Å²) in [7, 11) is 0. The molecule has 1 aromatic heterocycles. The molecule has 88 valence electrons. The molecule has 0 saturated carbocycles. The fourth-order valence-electron chi connectivity index (χ4n) is 1.42. The van der Waals surface area contributed by atoms with E-state index in [1.165, 1.54) is 6.07 Å². The van der Waals surface area contributed by atoms with E-state index in [1.54, 1.807) is 24.4 Å². The number of benzene rings is 1. The van der Waals surface area contributed by atoms with E-state index in [0.29, 0.717) is 11.3 Å². The molecule has 0 atom stereocenters. The lowest BCUT2D eigenvalue weighted by molar-refractivity contribution is -0.137. The second kappa shape index (κ2) is 4.37. The van der Waals surface area contributed by atoms with Crippen LogP contribution in [0, 0.1) is 0 Å². The van der Waals surface area contributed by atoms with E-state index in [4.69, 9.17) is 11.6 Å². The second-order valence-corrected chi connectivity index (χ2v) is 3.81. The SMILES string of the molecule is FC(F)(F)c1ccc(-c2ccccn2)c(Cl)c1. The van der Waals surface area contributed by atoms with Crippen molar-refractivity contribution in [1.29, 1.82) is 0 Å². The van der Waals surface area contributed by atoms with Crippen molar-refractivity contribution in [3.05, 3.63) is 53.2 Å². The zero-order valence-electron chi connectivity index (χ0n) is 8.50. The number of nitrogens with zero attached hydrogens (tertiary/aromatic N) is 1. The summed E-state index contributed by atoms with van der Waals surface area (Å²) in [4.78, 5) is 4.04. The Hall–Kier alpha value is -1.55. The van der Waals surface area contributed by atoms with Crippen LogP contribution >= 0.6 is 11.6 Å². The van der Waals surface area contributed by atoms with E-state index in [0.717, 1.165) is 12.1 Å². The van der Waals surface area contributed by atoms with Crippen LogP contribution in [0.4, 0.5) is 13.2 Å². The topological polar surface area (TPSA) is 12.9 Å². The first kappa shape index (κ1) is 11.9. The predicted octanol–water partition coefficient (Wildman–Crippen LogP) is 4.42. The summed E-state index contributed by atoms with van der Waals surface area (Å²) >= 11 is 5.83. The van der Waals surface area contributed by atoms with E-state index in [1.807, 2.05) is 0 Å². The van der Waals surface area contributed by atoms with Crippen LogP contribution in [-0.2, 0) is 6.18 Å². The zero-order valence-corrected chi connectivity index (χ0v) is 9.26. The van der Waals surface area contributed by atoms with E-state index in [-0.39, 0.29) is 5.02 Å². The average Bonchev–Trinajstić information content (AvgIpc) is 2.29. The molecule has 0 bridgehead atoms. The maximum atomic E-state index is 12.4. The smallest absolute Gasteiger partial charge is 0.256 e. The van der Waals surface area contributed by atoms with Crippen molar-refractivity contribution in [3.63, 3.8) is 0 Å². The van der Waals surface area contributed by atoms with Gasteiger partial charge in [0.1, 0.15) is 0 Å². The fraction of sp³-hybridized carbons (Fsp3) is 0.0833. The number of alkyl halides is 3. The third kappa shape index (κ3) is 2.58. The van der Waals surface area contributed by atoms with Gasteiger partial charge in [0.15, 0.2) is 0 Å². The standard InChI is InChI=1S/C12H7ClF3N/c13-10-7-8(12(14,15)16)4-5-9(10)11-3-1-2-6-17-11/h1-7H. The Labute approximate surface area is 101 Å². The number of halogens is 4. The Balaban J connectivity index is 2.46. The minimum absolute atomic E-state index is 0.0403. The maximum Gasteiger partial charge on any atom is 0.416 e. The summed E-state index contributed by atoms with van der Waals surface area (Å²) in [5.74, 6) is 0. The van der Waals surface area contributed by atoms with Gasteiger partial charge in [0.05, 0.1) is 16.3 Å². The maximum absolute atomic E-state index is 12.4. The average molecular weight is 258 g/mol. The lowest BCUT2D eigenvalue weighted by Gasteiger charge is -2.09. The van der Waals surface area contributed by atoms with Gasteiger partial charge >= 0.3 is 6.18 Å². The molecule has 0 saturated heterocycles. The minimum atomic E-state index is -4.38. The number of hydrogen-bond acceptors (Lipinski definition) is 1. The molecule has 0 spiro atoms. The molecule has 0 aliphatic rings. The van der Waals surface area contributed by atoms with Crippen molar-refractivity contribution < 1.29 is 13.2 Å². The van der Waals surface area contributed by atoms with Crippen molar-refractivity contribution in [2.45, 2.75) is 6.18 Å². The van der Waals surface area contributed by atoms with Gasteiger partial charge in [0.2, 0.25) is 0 Å². The summed E-state index contributed by atoms with van der Waals surface area (Å²) in [6.45, 7) is 0. The van der Waals surface area contributed by atoms with E-state index in [2.05, 4.69) is 4.98 Å². The molecular formula is C12H7ClF3N. The first-order valence-electron chi connectivity index (χ1n) is 4.76. The van der Waals surface area contributed by atoms with Crippen molar-refractivity contribution in [2.75, 3.05) is 0 Å². The van der Waals surface area contributed by atoms with Gasteiger partial charge in [0, 0.05) is 11.8 Å². The van der Waals surface area contributed by atoms with Crippen molar-refractivity contribution >= 4 is 11.6 Å². The van der Waals surface area contributed by atoms with Crippen molar-refractivity contribution in [1.82, 2.24) is 4.98 Å². The van der Waals surface area contributed by atoms with Crippen LogP contribution in [0.5, 0.6) is 0 Å². The van der Waals surface area contributed by atoms with Crippen molar-refractivity contribution in [3.8, 4) is 11.3 Å². The highest BCUT2D eigenvalue weighted by Crippen LogP contribution is 2.34. The molecular weight excluding hydrogens is 251 g/mol.